The highest BCUT2D eigenvalue weighted by Crippen LogP contribution is 2.27. The average molecular weight is 205 g/mol. The third-order valence-electron chi connectivity index (χ3n) is 3.01. The predicted molar refractivity (Wildman–Crippen MR) is 67.2 cm³/mol. The van der Waals surface area contributed by atoms with E-state index in [1.807, 2.05) is 0 Å². The van der Waals surface area contributed by atoms with Gasteiger partial charge in [-0.05, 0) is 37.9 Å². The standard InChI is InChI=1S/C14H23N/c1-5-14(12(2)11-15(3)4)13-9-7-6-8-10-13/h6-10,12,14H,5,11H2,1-4H3/t12-,14+/m1/s1. The second-order valence-corrected chi connectivity index (χ2v) is 4.66. The molecule has 2 atom stereocenters. The van der Waals surface area contributed by atoms with E-state index < -0.39 is 0 Å². The minimum absolute atomic E-state index is 0.689. The van der Waals surface area contributed by atoms with Crippen LogP contribution in [-0.2, 0) is 0 Å². The largest absolute Gasteiger partial charge is 0.309 e. The van der Waals surface area contributed by atoms with Crippen LogP contribution in [0.5, 0.6) is 0 Å². The van der Waals surface area contributed by atoms with Crippen LogP contribution in [0.25, 0.3) is 0 Å². The van der Waals surface area contributed by atoms with Crippen molar-refractivity contribution in [2.75, 3.05) is 20.6 Å². The minimum Gasteiger partial charge on any atom is -0.309 e. The van der Waals surface area contributed by atoms with Crippen LogP contribution < -0.4 is 0 Å². The van der Waals surface area contributed by atoms with Gasteiger partial charge in [-0.1, -0.05) is 44.2 Å². The van der Waals surface area contributed by atoms with Gasteiger partial charge in [-0.3, -0.25) is 0 Å². The lowest BCUT2D eigenvalue weighted by Gasteiger charge is -2.25. The van der Waals surface area contributed by atoms with E-state index in [0.717, 1.165) is 6.54 Å². The molecule has 0 fully saturated rings. The van der Waals surface area contributed by atoms with E-state index in [-0.39, 0.29) is 0 Å². The molecule has 0 radical (unpaired) electrons. The maximum atomic E-state index is 2.35. The van der Waals surface area contributed by atoms with Crippen LogP contribution in [0, 0.1) is 5.92 Å². The Bertz CT molecular complexity index is 266. The highest BCUT2D eigenvalue weighted by atomic mass is 15.1. The summed E-state index contributed by atoms with van der Waals surface area (Å²) in [5.74, 6) is 1.40. The fourth-order valence-corrected chi connectivity index (χ4v) is 2.37. The molecule has 15 heavy (non-hydrogen) atoms. The van der Waals surface area contributed by atoms with E-state index >= 15 is 0 Å². The highest BCUT2D eigenvalue weighted by Gasteiger charge is 2.17. The molecule has 0 aliphatic carbocycles. The van der Waals surface area contributed by atoms with Gasteiger partial charge in [0.05, 0.1) is 0 Å². The third-order valence-corrected chi connectivity index (χ3v) is 3.01. The van der Waals surface area contributed by atoms with E-state index in [9.17, 15) is 0 Å². The molecule has 0 saturated carbocycles. The van der Waals surface area contributed by atoms with E-state index in [0.29, 0.717) is 11.8 Å². The first-order valence-corrected chi connectivity index (χ1v) is 5.84. The van der Waals surface area contributed by atoms with Gasteiger partial charge in [0.2, 0.25) is 0 Å². The number of hydrogen-bond donors (Lipinski definition) is 0. The van der Waals surface area contributed by atoms with Crippen LogP contribution in [-0.4, -0.2) is 25.5 Å². The van der Waals surface area contributed by atoms with Crippen molar-refractivity contribution in [3.05, 3.63) is 35.9 Å². The Morgan fingerprint density at radius 2 is 1.73 bits per heavy atom. The molecule has 0 spiro atoms. The van der Waals surface area contributed by atoms with E-state index in [4.69, 9.17) is 0 Å². The molecule has 1 aromatic rings. The number of hydrogen-bond acceptors (Lipinski definition) is 1. The lowest BCUT2D eigenvalue weighted by molar-refractivity contribution is 0.301. The topological polar surface area (TPSA) is 3.24 Å². The highest BCUT2D eigenvalue weighted by molar-refractivity contribution is 5.20. The van der Waals surface area contributed by atoms with Crippen LogP contribution in [0.1, 0.15) is 31.7 Å². The third kappa shape index (κ3) is 3.67. The Hall–Kier alpha value is -0.820. The summed E-state index contributed by atoms with van der Waals surface area (Å²) in [6.07, 6.45) is 1.22. The zero-order valence-electron chi connectivity index (χ0n) is 10.4. The van der Waals surface area contributed by atoms with Crippen molar-refractivity contribution in [1.29, 1.82) is 0 Å². The van der Waals surface area contributed by atoms with E-state index in [2.05, 4.69) is 63.2 Å². The summed E-state index contributed by atoms with van der Waals surface area (Å²) in [5.41, 5.74) is 1.48. The molecule has 0 unspecified atom stereocenters. The second-order valence-electron chi connectivity index (χ2n) is 4.66. The number of benzene rings is 1. The Morgan fingerprint density at radius 3 is 2.20 bits per heavy atom. The summed E-state index contributed by atoms with van der Waals surface area (Å²) in [4.78, 5) is 2.27. The van der Waals surface area contributed by atoms with Gasteiger partial charge in [0.15, 0.2) is 0 Å². The zero-order chi connectivity index (χ0) is 11.3. The quantitative estimate of drug-likeness (QED) is 0.712. The Morgan fingerprint density at radius 1 is 1.13 bits per heavy atom. The van der Waals surface area contributed by atoms with Crippen molar-refractivity contribution in [3.8, 4) is 0 Å². The molecule has 1 nitrogen and oxygen atoms in total. The first-order chi connectivity index (χ1) is 7.15. The molecule has 84 valence electrons. The molecular formula is C14H23N. The van der Waals surface area contributed by atoms with Gasteiger partial charge in [0, 0.05) is 6.54 Å². The van der Waals surface area contributed by atoms with Crippen molar-refractivity contribution >= 4 is 0 Å². The molecule has 0 amide bonds. The summed E-state index contributed by atoms with van der Waals surface area (Å²) in [5, 5.41) is 0. The maximum Gasteiger partial charge on any atom is 0.000676 e. The SMILES string of the molecule is CC[C@H](c1ccccc1)[C@H](C)CN(C)C. The molecule has 0 heterocycles. The van der Waals surface area contributed by atoms with Crippen LogP contribution in [0.15, 0.2) is 30.3 Å². The molecule has 0 aliphatic heterocycles. The van der Waals surface area contributed by atoms with Crippen molar-refractivity contribution in [3.63, 3.8) is 0 Å². The molecule has 0 bridgehead atoms. The van der Waals surface area contributed by atoms with E-state index in [1.165, 1.54) is 12.0 Å². The van der Waals surface area contributed by atoms with Crippen molar-refractivity contribution in [2.45, 2.75) is 26.2 Å². The van der Waals surface area contributed by atoms with Gasteiger partial charge < -0.3 is 4.90 Å². The summed E-state index contributed by atoms with van der Waals surface area (Å²) >= 11 is 0. The lowest BCUT2D eigenvalue weighted by Crippen LogP contribution is -2.24. The fourth-order valence-electron chi connectivity index (χ4n) is 2.37. The van der Waals surface area contributed by atoms with Crippen LogP contribution in [0.2, 0.25) is 0 Å². The molecule has 0 saturated heterocycles. The predicted octanol–water partition coefficient (Wildman–Crippen LogP) is 3.38. The van der Waals surface area contributed by atoms with Crippen molar-refractivity contribution in [1.82, 2.24) is 4.90 Å². The van der Waals surface area contributed by atoms with Gasteiger partial charge in [-0.2, -0.15) is 0 Å². The minimum atomic E-state index is 0.689. The first kappa shape index (κ1) is 12.3. The van der Waals surface area contributed by atoms with E-state index in [1.54, 1.807) is 0 Å². The van der Waals surface area contributed by atoms with Crippen LogP contribution in [0.4, 0.5) is 0 Å². The molecule has 1 aromatic carbocycles. The monoisotopic (exact) mass is 205 g/mol. The number of nitrogens with zero attached hydrogens (tertiary/aromatic N) is 1. The van der Waals surface area contributed by atoms with Gasteiger partial charge in [-0.15, -0.1) is 0 Å². The molecular weight excluding hydrogens is 182 g/mol. The number of rotatable bonds is 5. The van der Waals surface area contributed by atoms with Crippen LogP contribution in [0.3, 0.4) is 0 Å². The smallest absolute Gasteiger partial charge is 0.000676 e. The Kier molecular flexibility index (Phi) is 4.83. The first-order valence-electron chi connectivity index (χ1n) is 5.84. The van der Waals surface area contributed by atoms with Gasteiger partial charge >= 0.3 is 0 Å². The zero-order valence-corrected chi connectivity index (χ0v) is 10.4. The summed E-state index contributed by atoms with van der Waals surface area (Å²) in [6, 6.07) is 10.9. The van der Waals surface area contributed by atoms with Crippen LogP contribution >= 0.6 is 0 Å². The lowest BCUT2D eigenvalue weighted by atomic mass is 9.85. The van der Waals surface area contributed by atoms with Gasteiger partial charge in [0.1, 0.15) is 0 Å². The molecule has 1 heteroatoms. The van der Waals surface area contributed by atoms with Crippen molar-refractivity contribution < 1.29 is 0 Å². The second kappa shape index (κ2) is 5.92. The normalized spacial score (nSPS) is 15.3. The molecule has 0 aliphatic rings. The summed E-state index contributed by atoms with van der Waals surface area (Å²) in [7, 11) is 4.29. The Balaban J connectivity index is 2.71. The van der Waals surface area contributed by atoms with Gasteiger partial charge in [-0.25, -0.2) is 0 Å². The van der Waals surface area contributed by atoms with Crippen molar-refractivity contribution in [2.24, 2.45) is 5.92 Å². The summed E-state index contributed by atoms with van der Waals surface area (Å²) < 4.78 is 0. The van der Waals surface area contributed by atoms with Gasteiger partial charge in [0.25, 0.3) is 0 Å². The Labute approximate surface area is 94.1 Å². The fraction of sp³-hybridized carbons (Fsp3) is 0.571. The molecule has 0 aromatic heterocycles. The molecule has 1 rings (SSSR count). The summed E-state index contributed by atoms with van der Waals surface area (Å²) in [6.45, 7) is 5.79. The maximum absolute atomic E-state index is 2.35. The molecule has 0 N–H and O–H groups in total. The average Bonchev–Trinajstić information content (AvgIpc) is 2.19.